The van der Waals surface area contributed by atoms with Crippen LogP contribution in [0.15, 0.2) is 54.9 Å². The Kier molecular flexibility index (Phi) is 7.28. The van der Waals surface area contributed by atoms with Crippen molar-refractivity contribution in [2.24, 2.45) is 0 Å². The van der Waals surface area contributed by atoms with E-state index in [4.69, 9.17) is 9.47 Å². The first-order valence-electron chi connectivity index (χ1n) is 13.1. The van der Waals surface area contributed by atoms with Gasteiger partial charge < -0.3 is 29.6 Å². The lowest BCUT2D eigenvalue weighted by Crippen LogP contribution is -2.64. The van der Waals surface area contributed by atoms with Crippen molar-refractivity contribution >= 4 is 17.7 Å². The molecular weight excluding hydrogens is 498 g/mol. The third kappa shape index (κ3) is 5.19. The molecule has 1 atom stereocenters. The monoisotopic (exact) mass is 531 g/mol. The van der Waals surface area contributed by atoms with Crippen molar-refractivity contribution in [3.63, 3.8) is 0 Å². The van der Waals surface area contributed by atoms with Gasteiger partial charge in [0.15, 0.2) is 5.69 Å². The number of carbonyl (C=O) groups is 3. The van der Waals surface area contributed by atoms with Crippen LogP contribution in [0.25, 0.3) is 0 Å². The van der Waals surface area contributed by atoms with Crippen molar-refractivity contribution in [2.75, 3.05) is 13.7 Å². The van der Waals surface area contributed by atoms with E-state index in [0.29, 0.717) is 12.4 Å². The van der Waals surface area contributed by atoms with E-state index in [0.717, 1.165) is 29.7 Å². The molecule has 204 valence electrons. The standard InChI is InChI=1S/C29H33N5O5/c1-4-39-22-13-9-19(10-14-22)15-30-26(35)24-25-27(36)34(21-11-12-21)29(2,17-33(25)18-32-24)28(37)31-16-20-7-5-6-8-23(20)38-3/h5-10,13-14,18,21H,4,11-12,15-17H2,1-3H3,(H,30,35)(H,31,37)/t29-/m0/s1. The molecule has 1 fully saturated rings. The summed E-state index contributed by atoms with van der Waals surface area (Å²) in [5, 5.41) is 5.85. The highest BCUT2D eigenvalue weighted by atomic mass is 16.5. The van der Waals surface area contributed by atoms with Gasteiger partial charge in [-0.15, -0.1) is 0 Å². The molecule has 1 aliphatic heterocycles. The van der Waals surface area contributed by atoms with Crippen molar-refractivity contribution in [1.82, 2.24) is 25.1 Å². The quantitative estimate of drug-likeness (QED) is 0.416. The Hall–Kier alpha value is -4.34. The van der Waals surface area contributed by atoms with Crippen LogP contribution in [-0.2, 0) is 24.4 Å². The van der Waals surface area contributed by atoms with E-state index < -0.39 is 11.4 Å². The largest absolute Gasteiger partial charge is 0.496 e. The molecule has 10 nitrogen and oxygen atoms in total. The zero-order valence-corrected chi connectivity index (χ0v) is 22.4. The molecule has 3 amide bonds. The minimum Gasteiger partial charge on any atom is -0.496 e. The molecule has 2 aliphatic rings. The second kappa shape index (κ2) is 10.8. The Bertz CT molecular complexity index is 1380. The average Bonchev–Trinajstić information content (AvgIpc) is 3.68. The van der Waals surface area contributed by atoms with E-state index in [1.807, 2.05) is 55.5 Å². The number of ether oxygens (including phenoxy) is 2. The highest BCUT2D eigenvalue weighted by Crippen LogP contribution is 2.39. The molecule has 5 rings (SSSR count). The normalized spacial score (nSPS) is 18.3. The van der Waals surface area contributed by atoms with E-state index in [1.165, 1.54) is 6.33 Å². The molecule has 39 heavy (non-hydrogen) atoms. The van der Waals surface area contributed by atoms with Gasteiger partial charge in [-0.3, -0.25) is 14.4 Å². The molecule has 1 aliphatic carbocycles. The Morgan fingerprint density at radius 1 is 1.08 bits per heavy atom. The van der Waals surface area contributed by atoms with Crippen LogP contribution in [-0.4, -0.2) is 57.5 Å². The molecule has 0 radical (unpaired) electrons. The molecule has 2 N–H and O–H groups in total. The fourth-order valence-corrected chi connectivity index (χ4v) is 5.07. The van der Waals surface area contributed by atoms with Gasteiger partial charge in [-0.2, -0.15) is 0 Å². The fourth-order valence-electron chi connectivity index (χ4n) is 5.07. The number of rotatable bonds is 10. The van der Waals surface area contributed by atoms with Crippen LogP contribution in [0.3, 0.4) is 0 Å². The lowest BCUT2D eigenvalue weighted by molar-refractivity contribution is -0.133. The number of nitrogens with zero attached hydrogens (tertiary/aromatic N) is 3. The summed E-state index contributed by atoms with van der Waals surface area (Å²) in [5.41, 5.74) is 0.871. The molecule has 10 heteroatoms. The van der Waals surface area contributed by atoms with Gasteiger partial charge in [0.25, 0.3) is 11.8 Å². The number of aromatic nitrogens is 2. The number of imidazole rings is 1. The molecule has 0 spiro atoms. The first-order chi connectivity index (χ1) is 18.9. The maximum absolute atomic E-state index is 13.8. The Morgan fingerprint density at radius 3 is 2.51 bits per heavy atom. The zero-order valence-electron chi connectivity index (χ0n) is 22.4. The lowest BCUT2D eigenvalue weighted by Gasteiger charge is -2.44. The van der Waals surface area contributed by atoms with E-state index in [2.05, 4.69) is 15.6 Å². The van der Waals surface area contributed by atoms with Crippen molar-refractivity contribution < 1.29 is 23.9 Å². The summed E-state index contributed by atoms with van der Waals surface area (Å²) in [7, 11) is 1.59. The van der Waals surface area contributed by atoms with Gasteiger partial charge in [0.2, 0.25) is 5.91 Å². The zero-order chi connectivity index (χ0) is 27.6. The molecule has 1 saturated carbocycles. The summed E-state index contributed by atoms with van der Waals surface area (Å²) in [4.78, 5) is 46.4. The number of hydrogen-bond acceptors (Lipinski definition) is 6. The van der Waals surface area contributed by atoms with Crippen LogP contribution in [0.1, 0.15) is 58.8 Å². The van der Waals surface area contributed by atoms with Crippen molar-refractivity contribution in [1.29, 1.82) is 0 Å². The molecule has 2 aromatic carbocycles. The maximum Gasteiger partial charge on any atom is 0.274 e. The van der Waals surface area contributed by atoms with E-state index >= 15 is 0 Å². The summed E-state index contributed by atoms with van der Waals surface area (Å²) in [6.07, 6.45) is 3.10. The van der Waals surface area contributed by atoms with E-state index in [9.17, 15) is 14.4 Å². The maximum atomic E-state index is 13.8. The predicted molar refractivity (Wildman–Crippen MR) is 143 cm³/mol. The highest BCUT2D eigenvalue weighted by molar-refractivity contribution is 6.07. The molecular formula is C29H33N5O5. The third-order valence-corrected chi connectivity index (χ3v) is 7.20. The van der Waals surface area contributed by atoms with Crippen LogP contribution in [0, 0.1) is 0 Å². The Balaban J connectivity index is 1.32. The number of nitrogens with one attached hydrogen (secondary N) is 2. The van der Waals surface area contributed by atoms with Crippen molar-refractivity contribution in [2.45, 2.75) is 57.9 Å². The van der Waals surface area contributed by atoms with E-state index in [1.54, 1.807) is 23.5 Å². The lowest BCUT2D eigenvalue weighted by atomic mass is 9.93. The van der Waals surface area contributed by atoms with Gasteiger partial charge in [-0.05, 0) is 50.5 Å². The summed E-state index contributed by atoms with van der Waals surface area (Å²) in [5.74, 6) is 0.374. The summed E-state index contributed by atoms with van der Waals surface area (Å²) >= 11 is 0. The van der Waals surface area contributed by atoms with Crippen LogP contribution in [0.2, 0.25) is 0 Å². The van der Waals surface area contributed by atoms with Crippen LogP contribution in [0.5, 0.6) is 11.5 Å². The number of carbonyl (C=O) groups excluding carboxylic acids is 3. The Labute approximate surface area is 227 Å². The van der Waals surface area contributed by atoms with Crippen LogP contribution in [0.4, 0.5) is 0 Å². The number of fused-ring (bicyclic) bond motifs is 1. The van der Waals surface area contributed by atoms with Crippen molar-refractivity contribution in [3.8, 4) is 11.5 Å². The van der Waals surface area contributed by atoms with E-state index in [-0.39, 0.29) is 48.9 Å². The van der Waals surface area contributed by atoms with Gasteiger partial charge >= 0.3 is 0 Å². The number of para-hydroxylation sites is 1. The van der Waals surface area contributed by atoms with Gasteiger partial charge in [0.05, 0.1) is 26.6 Å². The molecule has 1 aromatic heterocycles. The first-order valence-corrected chi connectivity index (χ1v) is 13.1. The summed E-state index contributed by atoms with van der Waals surface area (Å²) in [6, 6.07) is 14.9. The third-order valence-electron chi connectivity index (χ3n) is 7.20. The number of amides is 3. The van der Waals surface area contributed by atoms with Crippen molar-refractivity contribution in [3.05, 3.63) is 77.4 Å². The number of methoxy groups -OCH3 is 1. The van der Waals surface area contributed by atoms with Crippen LogP contribution >= 0.6 is 0 Å². The topological polar surface area (TPSA) is 115 Å². The minimum absolute atomic E-state index is 0.0528. The second-order valence-electron chi connectivity index (χ2n) is 10.0. The molecule has 0 unspecified atom stereocenters. The summed E-state index contributed by atoms with van der Waals surface area (Å²) in [6.45, 7) is 5.01. The van der Waals surface area contributed by atoms with Gasteiger partial charge in [-0.1, -0.05) is 30.3 Å². The van der Waals surface area contributed by atoms with Crippen LogP contribution < -0.4 is 20.1 Å². The fraction of sp³-hybridized carbons (Fsp3) is 0.379. The number of hydrogen-bond donors (Lipinski definition) is 2. The molecule has 0 saturated heterocycles. The van der Waals surface area contributed by atoms with Gasteiger partial charge in [0, 0.05) is 24.7 Å². The smallest absolute Gasteiger partial charge is 0.274 e. The number of benzene rings is 2. The SMILES string of the molecule is CCOc1ccc(CNC(=O)c2ncn3c2C(=O)N(C2CC2)[C@](C)(C(=O)NCc2ccccc2OC)C3)cc1. The second-order valence-corrected chi connectivity index (χ2v) is 10.0. The predicted octanol–water partition coefficient (Wildman–Crippen LogP) is 2.91. The summed E-state index contributed by atoms with van der Waals surface area (Å²) < 4.78 is 12.5. The first kappa shape index (κ1) is 26.3. The Morgan fingerprint density at radius 2 is 1.82 bits per heavy atom. The van der Waals surface area contributed by atoms with Gasteiger partial charge in [0.1, 0.15) is 22.7 Å². The highest BCUT2D eigenvalue weighted by Gasteiger charge is 2.53. The average molecular weight is 532 g/mol. The minimum atomic E-state index is -1.13. The molecule has 3 aromatic rings. The van der Waals surface area contributed by atoms with Gasteiger partial charge in [-0.25, -0.2) is 4.98 Å². The molecule has 2 heterocycles. The molecule has 0 bridgehead atoms.